The lowest BCUT2D eigenvalue weighted by Crippen LogP contribution is -2.48. The molecule has 112 valence electrons. The number of hydrogen-bond acceptors (Lipinski definition) is 3. The second kappa shape index (κ2) is 5.60. The van der Waals surface area contributed by atoms with Gasteiger partial charge in [0.2, 0.25) is 10.0 Å². The molecule has 0 saturated carbocycles. The first-order chi connectivity index (χ1) is 9.23. The maximum absolute atomic E-state index is 13.4. The normalized spacial score (nSPS) is 24.9. The highest BCUT2D eigenvalue weighted by Gasteiger charge is 2.34. The summed E-state index contributed by atoms with van der Waals surface area (Å²) in [6, 6.07) is 2.16. The summed E-state index contributed by atoms with van der Waals surface area (Å²) in [4.78, 5) is -0.0413. The molecule has 1 heterocycles. The minimum atomic E-state index is -3.73. The number of nitrogens with two attached hydrogens (primary N) is 1. The van der Waals surface area contributed by atoms with Gasteiger partial charge < -0.3 is 5.73 Å². The van der Waals surface area contributed by atoms with E-state index >= 15 is 0 Å². The van der Waals surface area contributed by atoms with Crippen molar-refractivity contribution in [3.8, 4) is 0 Å². The molecule has 2 atom stereocenters. The fourth-order valence-corrected chi connectivity index (χ4v) is 4.73. The summed E-state index contributed by atoms with van der Waals surface area (Å²) in [7, 11) is -3.73. The van der Waals surface area contributed by atoms with E-state index in [1.807, 2.05) is 6.92 Å². The first-order valence-corrected chi connectivity index (χ1v) is 8.28. The lowest BCUT2D eigenvalue weighted by Gasteiger charge is -2.35. The Kier molecular flexibility index (Phi) is 4.39. The van der Waals surface area contributed by atoms with Crippen LogP contribution in [0.15, 0.2) is 17.0 Å². The Labute approximate surface area is 123 Å². The van der Waals surface area contributed by atoms with Gasteiger partial charge in [-0.2, -0.15) is 4.31 Å². The van der Waals surface area contributed by atoms with Crippen LogP contribution >= 0.6 is 11.6 Å². The van der Waals surface area contributed by atoms with E-state index in [-0.39, 0.29) is 27.6 Å². The zero-order chi connectivity index (χ0) is 15.1. The highest BCUT2D eigenvalue weighted by molar-refractivity contribution is 7.89. The van der Waals surface area contributed by atoms with Gasteiger partial charge in [-0.05, 0) is 44.4 Å². The molecule has 20 heavy (non-hydrogen) atoms. The minimum Gasteiger partial charge on any atom is -0.328 e. The summed E-state index contributed by atoms with van der Waals surface area (Å²) in [6.07, 6.45) is 1.22. The third-order valence-corrected chi connectivity index (χ3v) is 6.13. The quantitative estimate of drug-likeness (QED) is 0.909. The van der Waals surface area contributed by atoms with E-state index in [0.29, 0.717) is 19.4 Å². The molecule has 0 unspecified atom stereocenters. The van der Waals surface area contributed by atoms with Gasteiger partial charge in [0.15, 0.2) is 0 Å². The van der Waals surface area contributed by atoms with E-state index in [2.05, 4.69) is 0 Å². The number of sulfonamides is 1. The van der Waals surface area contributed by atoms with Crippen LogP contribution in [0.1, 0.15) is 25.3 Å². The molecule has 7 heteroatoms. The van der Waals surface area contributed by atoms with Gasteiger partial charge in [-0.15, -0.1) is 0 Å². The van der Waals surface area contributed by atoms with Gasteiger partial charge in [-0.3, -0.25) is 0 Å². The fourth-order valence-electron chi connectivity index (χ4n) is 2.50. The molecule has 0 spiro atoms. The highest BCUT2D eigenvalue weighted by Crippen LogP contribution is 2.30. The van der Waals surface area contributed by atoms with E-state index in [1.165, 1.54) is 17.3 Å². The largest absolute Gasteiger partial charge is 0.328 e. The van der Waals surface area contributed by atoms with Gasteiger partial charge in [-0.1, -0.05) is 11.6 Å². The second-order valence-corrected chi connectivity index (χ2v) is 7.55. The van der Waals surface area contributed by atoms with E-state index in [1.54, 1.807) is 0 Å². The molecule has 1 fully saturated rings. The molecule has 0 aliphatic carbocycles. The lowest BCUT2D eigenvalue weighted by atomic mass is 10.0. The Hall–Kier alpha value is -0.690. The maximum Gasteiger partial charge on any atom is 0.244 e. The van der Waals surface area contributed by atoms with Crippen LogP contribution in [-0.4, -0.2) is 31.4 Å². The van der Waals surface area contributed by atoms with Gasteiger partial charge in [0.05, 0.1) is 5.02 Å². The average molecular weight is 321 g/mol. The number of piperidine rings is 1. The van der Waals surface area contributed by atoms with Gasteiger partial charge in [0, 0.05) is 18.6 Å². The van der Waals surface area contributed by atoms with E-state index < -0.39 is 15.8 Å². The van der Waals surface area contributed by atoms with E-state index in [9.17, 15) is 12.8 Å². The smallest absolute Gasteiger partial charge is 0.244 e. The Morgan fingerprint density at radius 1 is 1.45 bits per heavy atom. The zero-order valence-corrected chi connectivity index (χ0v) is 13.0. The molecule has 1 aromatic rings. The predicted octanol–water partition coefficient (Wildman–Crippen LogP) is 2.29. The second-order valence-electron chi connectivity index (χ2n) is 5.28. The highest BCUT2D eigenvalue weighted by atomic mass is 35.5. The number of benzene rings is 1. The molecule has 0 amide bonds. The van der Waals surface area contributed by atoms with Crippen LogP contribution in [0.2, 0.25) is 5.02 Å². The summed E-state index contributed by atoms with van der Waals surface area (Å²) in [5, 5.41) is -0.0878. The third kappa shape index (κ3) is 2.83. The van der Waals surface area contributed by atoms with Crippen molar-refractivity contribution in [2.45, 2.75) is 43.7 Å². The SMILES string of the molecule is Cc1cc(S(=O)(=O)N2CC[C@@H](N)C[C@H]2C)c(Cl)cc1F. The van der Waals surface area contributed by atoms with Crippen molar-refractivity contribution in [1.29, 1.82) is 0 Å². The lowest BCUT2D eigenvalue weighted by molar-refractivity contribution is 0.247. The van der Waals surface area contributed by atoms with E-state index in [0.717, 1.165) is 6.07 Å². The molecule has 1 aliphatic heterocycles. The van der Waals surface area contributed by atoms with Crippen molar-refractivity contribution < 1.29 is 12.8 Å². The molecular weight excluding hydrogens is 303 g/mol. The maximum atomic E-state index is 13.4. The molecular formula is C13H18ClFN2O2S. The standard InChI is InChI=1S/C13H18ClFN2O2S/c1-8-5-13(11(14)7-12(8)15)20(18,19)17-4-3-10(16)6-9(17)2/h5,7,9-10H,3-4,6,16H2,1-2H3/t9-,10-/m1/s1. The van der Waals surface area contributed by atoms with Crippen molar-refractivity contribution >= 4 is 21.6 Å². The molecule has 0 bridgehead atoms. The molecule has 1 aromatic carbocycles. The molecule has 0 radical (unpaired) electrons. The summed E-state index contributed by atoms with van der Waals surface area (Å²) >= 11 is 5.91. The van der Waals surface area contributed by atoms with Crippen LogP contribution in [0.25, 0.3) is 0 Å². The molecule has 0 aromatic heterocycles. The van der Waals surface area contributed by atoms with Crippen LogP contribution in [0, 0.1) is 12.7 Å². The number of halogens is 2. The summed E-state index contributed by atoms with van der Waals surface area (Å²) in [6.45, 7) is 3.69. The first kappa shape index (κ1) is 15.7. The van der Waals surface area contributed by atoms with Crippen LogP contribution in [0.4, 0.5) is 4.39 Å². The summed E-state index contributed by atoms with van der Waals surface area (Å²) in [5.74, 6) is -0.511. The van der Waals surface area contributed by atoms with Crippen LogP contribution in [-0.2, 0) is 10.0 Å². The van der Waals surface area contributed by atoms with Gasteiger partial charge in [-0.25, -0.2) is 12.8 Å². The van der Waals surface area contributed by atoms with Crippen molar-refractivity contribution in [3.05, 3.63) is 28.5 Å². The Morgan fingerprint density at radius 2 is 2.10 bits per heavy atom. The number of rotatable bonds is 2. The molecule has 4 nitrogen and oxygen atoms in total. The monoisotopic (exact) mass is 320 g/mol. The first-order valence-electron chi connectivity index (χ1n) is 6.46. The van der Waals surface area contributed by atoms with Crippen molar-refractivity contribution in [2.75, 3.05) is 6.54 Å². The summed E-state index contributed by atoms with van der Waals surface area (Å²) in [5.41, 5.74) is 6.10. The Bertz CT molecular complexity index is 621. The van der Waals surface area contributed by atoms with Crippen molar-refractivity contribution in [2.24, 2.45) is 5.73 Å². The Morgan fingerprint density at radius 3 is 2.70 bits per heavy atom. The number of hydrogen-bond donors (Lipinski definition) is 1. The van der Waals surface area contributed by atoms with Gasteiger partial charge >= 0.3 is 0 Å². The average Bonchev–Trinajstić information content (AvgIpc) is 2.33. The van der Waals surface area contributed by atoms with Crippen molar-refractivity contribution in [3.63, 3.8) is 0 Å². The van der Waals surface area contributed by atoms with Gasteiger partial charge in [0.1, 0.15) is 10.7 Å². The molecule has 2 N–H and O–H groups in total. The van der Waals surface area contributed by atoms with E-state index in [4.69, 9.17) is 17.3 Å². The fraction of sp³-hybridized carbons (Fsp3) is 0.538. The number of aryl methyl sites for hydroxylation is 1. The van der Waals surface area contributed by atoms with Crippen molar-refractivity contribution in [1.82, 2.24) is 4.31 Å². The topological polar surface area (TPSA) is 63.4 Å². The van der Waals surface area contributed by atoms with Crippen LogP contribution < -0.4 is 5.73 Å². The molecule has 2 rings (SSSR count). The Balaban J connectivity index is 2.43. The van der Waals surface area contributed by atoms with Crippen LogP contribution in [0.5, 0.6) is 0 Å². The van der Waals surface area contributed by atoms with Crippen LogP contribution in [0.3, 0.4) is 0 Å². The van der Waals surface area contributed by atoms with Gasteiger partial charge in [0.25, 0.3) is 0 Å². The zero-order valence-electron chi connectivity index (χ0n) is 11.4. The number of nitrogens with zero attached hydrogens (tertiary/aromatic N) is 1. The minimum absolute atomic E-state index is 0.0156. The molecule has 1 saturated heterocycles. The predicted molar refractivity (Wildman–Crippen MR) is 76.7 cm³/mol. The molecule has 1 aliphatic rings. The summed E-state index contributed by atoms with van der Waals surface area (Å²) < 4.78 is 40.1. The third-order valence-electron chi connectivity index (χ3n) is 3.66.